The van der Waals surface area contributed by atoms with E-state index in [0.717, 1.165) is 55.5 Å². The van der Waals surface area contributed by atoms with Crippen molar-refractivity contribution in [3.8, 4) is 5.82 Å². The number of carbonyl (C=O) groups excluding carboxylic acids is 1. The molecule has 0 atom stereocenters. The molecule has 0 spiro atoms. The van der Waals surface area contributed by atoms with Gasteiger partial charge in [0.2, 0.25) is 5.91 Å². The first kappa shape index (κ1) is 24.2. The number of pyridine rings is 1. The SMILES string of the molecule is Cc1nn(-c2ccc3nnc(C)n3n2)c(C)c1CCC(=O)N1CCN(Cc2cccc3ccncc23)CC1. The molecule has 0 aliphatic carbocycles. The van der Waals surface area contributed by atoms with E-state index in [1.165, 1.54) is 16.3 Å². The van der Waals surface area contributed by atoms with Gasteiger partial charge in [-0.15, -0.1) is 15.3 Å². The van der Waals surface area contributed by atoms with Crippen LogP contribution in [0.4, 0.5) is 0 Å². The summed E-state index contributed by atoms with van der Waals surface area (Å²) in [4.78, 5) is 21.8. The summed E-state index contributed by atoms with van der Waals surface area (Å²) in [5.41, 5.74) is 5.01. The molecule has 10 nitrogen and oxygen atoms in total. The highest BCUT2D eigenvalue weighted by Crippen LogP contribution is 2.21. The third kappa shape index (κ3) is 4.51. The molecule has 194 valence electrons. The number of nitrogens with zero attached hydrogens (tertiary/aromatic N) is 9. The number of hydrogen-bond donors (Lipinski definition) is 0. The highest BCUT2D eigenvalue weighted by atomic mass is 16.2. The van der Waals surface area contributed by atoms with Gasteiger partial charge in [-0.25, -0.2) is 4.68 Å². The second-order valence-corrected chi connectivity index (χ2v) is 9.94. The number of fused-ring (bicyclic) bond motifs is 2. The number of carbonyl (C=O) groups is 1. The molecule has 1 amide bonds. The van der Waals surface area contributed by atoms with Gasteiger partial charge in [0.05, 0.1) is 5.69 Å². The van der Waals surface area contributed by atoms with Gasteiger partial charge in [-0.3, -0.25) is 14.7 Å². The van der Waals surface area contributed by atoms with Crippen LogP contribution in [0.15, 0.2) is 48.8 Å². The van der Waals surface area contributed by atoms with Crippen molar-refractivity contribution in [3.63, 3.8) is 0 Å². The molecule has 6 rings (SSSR count). The van der Waals surface area contributed by atoms with Crippen molar-refractivity contribution in [1.29, 1.82) is 0 Å². The van der Waals surface area contributed by atoms with Crippen molar-refractivity contribution in [2.45, 2.75) is 40.2 Å². The lowest BCUT2D eigenvalue weighted by molar-refractivity contribution is -0.133. The van der Waals surface area contributed by atoms with Crippen LogP contribution in [0.5, 0.6) is 0 Å². The van der Waals surface area contributed by atoms with E-state index in [-0.39, 0.29) is 5.91 Å². The van der Waals surface area contributed by atoms with Gasteiger partial charge < -0.3 is 4.90 Å². The van der Waals surface area contributed by atoms with Crippen molar-refractivity contribution in [2.24, 2.45) is 0 Å². The largest absolute Gasteiger partial charge is 0.340 e. The zero-order valence-electron chi connectivity index (χ0n) is 22.0. The zero-order chi connectivity index (χ0) is 26.2. The number of piperazine rings is 1. The Bertz CT molecular complexity index is 1620. The Kier molecular flexibility index (Phi) is 6.32. The molecular formula is C28H31N9O. The first-order valence-electron chi connectivity index (χ1n) is 13.0. The number of aryl methyl sites for hydroxylation is 2. The van der Waals surface area contributed by atoms with E-state index < -0.39 is 0 Å². The van der Waals surface area contributed by atoms with Crippen LogP contribution in [0, 0.1) is 20.8 Å². The van der Waals surface area contributed by atoms with Gasteiger partial charge >= 0.3 is 0 Å². The first-order valence-corrected chi connectivity index (χ1v) is 13.0. The van der Waals surface area contributed by atoms with Gasteiger partial charge in [-0.2, -0.15) is 9.61 Å². The van der Waals surface area contributed by atoms with E-state index in [2.05, 4.69) is 49.4 Å². The van der Waals surface area contributed by atoms with Crippen LogP contribution in [0.25, 0.3) is 22.2 Å². The zero-order valence-corrected chi connectivity index (χ0v) is 22.0. The van der Waals surface area contributed by atoms with E-state index in [0.29, 0.717) is 24.3 Å². The van der Waals surface area contributed by atoms with Crippen LogP contribution in [-0.4, -0.2) is 76.5 Å². The molecule has 10 heteroatoms. The lowest BCUT2D eigenvalue weighted by atomic mass is 10.1. The van der Waals surface area contributed by atoms with Crippen LogP contribution in [0.2, 0.25) is 0 Å². The van der Waals surface area contributed by atoms with Gasteiger partial charge in [-0.1, -0.05) is 18.2 Å². The Morgan fingerprint density at radius 1 is 0.947 bits per heavy atom. The normalized spacial score (nSPS) is 14.6. The molecule has 0 saturated carbocycles. The molecule has 1 aliphatic heterocycles. The topological polar surface area (TPSA) is 97.3 Å². The summed E-state index contributed by atoms with van der Waals surface area (Å²) >= 11 is 0. The third-order valence-corrected chi connectivity index (χ3v) is 7.54. The molecule has 4 aromatic heterocycles. The molecule has 5 heterocycles. The minimum absolute atomic E-state index is 0.199. The van der Waals surface area contributed by atoms with E-state index >= 15 is 0 Å². The lowest BCUT2D eigenvalue weighted by Gasteiger charge is -2.35. The maximum Gasteiger partial charge on any atom is 0.222 e. The molecule has 38 heavy (non-hydrogen) atoms. The molecule has 0 radical (unpaired) electrons. The molecular weight excluding hydrogens is 478 g/mol. The maximum absolute atomic E-state index is 13.1. The standard InChI is InChI=1S/C28H31N9O/c1-19-24(20(2)36(32-19)27-9-8-26-31-30-21(3)37(26)33-27)7-10-28(38)35-15-13-34(14-16-35)18-23-6-4-5-22-11-12-29-17-25(22)23/h4-6,8-9,11-12,17H,7,10,13-16,18H2,1-3H3. The Hall–Kier alpha value is -4.18. The highest BCUT2D eigenvalue weighted by Gasteiger charge is 2.23. The van der Waals surface area contributed by atoms with Crippen molar-refractivity contribution in [2.75, 3.05) is 26.2 Å². The Balaban J connectivity index is 1.07. The van der Waals surface area contributed by atoms with Gasteiger partial charge in [-0.05, 0) is 61.9 Å². The van der Waals surface area contributed by atoms with Crippen molar-refractivity contribution in [3.05, 3.63) is 77.1 Å². The van der Waals surface area contributed by atoms with Gasteiger partial charge in [0.1, 0.15) is 0 Å². The summed E-state index contributed by atoms with van der Waals surface area (Å²) < 4.78 is 3.56. The Labute approximate surface area is 220 Å². The average molecular weight is 510 g/mol. The predicted octanol–water partition coefficient (Wildman–Crippen LogP) is 3.06. The Morgan fingerprint density at radius 2 is 1.79 bits per heavy atom. The summed E-state index contributed by atoms with van der Waals surface area (Å²) in [7, 11) is 0. The second kappa shape index (κ2) is 9.94. The molecule has 1 aliphatic rings. The van der Waals surface area contributed by atoms with Gasteiger partial charge in [0, 0.05) is 62.6 Å². The lowest BCUT2D eigenvalue weighted by Crippen LogP contribution is -2.48. The van der Waals surface area contributed by atoms with E-state index in [9.17, 15) is 4.79 Å². The smallest absolute Gasteiger partial charge is 0.222 e. The fraction of sp³-hybridized carbons (Fsp3) is 0.357. The first-order chi connectivity index (χ1) is 18.5. The molecule has 0 bridgehead atoms. The monoisotopic (exact) mass is 509 g/mol. The number of hydrogen-bond acceptors (Lipinski definition) is 7. The maximum atomic E-state index is 13.1. The summed E-state index contributed by atoms with van der Waals surface area (Å²) in [6, 6.07) is 12.2. The minimum atomic E-state index is 0.199. The minimum Gasteiger partial charge on any atom is -0.340 e. The fourth-order valence-corrected chi connectivity index (χ4v) is 5.36. The number of benzene rings is 1. The summed E-state index contributed by atoms with van der Waals surface area (Å²) in [5, 5.41) is 20.0. The second-order valence-electron chi connectivity index (χ2n) is 9.94. The Morgan fingerprint density at radius 3 is 2.63 bits per heavy atom. The quantitative estimate of drug-likeness (QED) is 0.347. The molecule has 0 N–H and O–H groups in total. The summed E-state index contributed by atoms with van der Waals surface area (Å²) in [6.45, 7) is 10.0. The highest BCUT2D eigenvalue weighted by molar-refractivity contribution is 5.84. The fourth-order valence-electron chi connectivity index (χ4n) is 5.36. The number of amides is 1. The molecule has 1 saturated heterocycles. The van der Waals surface area contributed by atoms with E-state index in [4.69, 9.17) is 5.10 Å². The van der Waals surface area contributed by atoms with Gasteiger partial charge in [0.25, 0.3) is 0 Å². The molecule has 0 unspecified atom stereocenters. The third-order valence-electron chi connectivity index (χ3n) is 7.54. The van der Waals surface area contributed by atoms with Crippen LogP contribution in [0.1, 0.15) is 34.8 Å². The van der Waals surface area contributed by atoms with Crippen LogP contribution >= 0.6 is 0 Å². The number of aromatic nitrogens is 7. The molecule has 5 aromatic rings. The van der Waals surface area contributed by atoms with Crippen LogP contribution in [-0.2, 0) is 17.8 Å². The summed E-state index contributed by atoms with van der Waals surface area (Å²) in [5.74, 6) is 1.63. The predicted molar refractivity (Wildman–Crippen MR) is 144 cm³/mol. The van der Waals surface area contributed by atoms with Crippen molar-refractivity contribution < 1.29 is 4.79 Å². The van der Waals surface area contributed by atoms with Crippen molar-refractivity contribution in [1.82, 2.24) is 44.4 Å². The number of rotatable bonds is 6. The average Bonchev–Trinajstić information content (AvgIpc) is 3.45. The molecule has 1 fully saturated rings. The summed E-state index contributed by atoms with van der Waals surface area (Å²) in [6.07, 6.45) is 4.91. The van der Waals surface area contributed by atoms with E-state index in [1.807, 2.05) is 54.9 Å². The van der Waals surface area contributed by atoms with Crippen LogP contribution in [0.3, 0.4) is 0 Å². The molecule has 1 aromatic carbocycles. The van der Waals surface area contributed by atoms with Crippen LogP contribution < -0.4 is 0 Å². The van der Waals surface area contributed by atoms with Crippen molar-refractivity contribution >= 4 is 22.3 Å². The van der Waals surface area contributed by atoms with Gasteiger partial charge in [0.15, 0.2) is 17.3 Å². The van der Waals surface area contributed by atoms with E-state index in [1.54, 1.807) is 4.52 Å².